The molecule has 0 atom stereocenters. The van der Waals surface area contributed by atoms with Gasteiger partial charge in [0.25, 0.3) is 0 Å². The average molecular weight is 258 g/mol. The van der Waals surface area contributed by atoms with E-state index in [2.05, 4.69) is 0 Å². The van der Waals surface area contributed by atoms with Crippen molar-refractivity contribution >= 4 is 11.9 Å². The second kappa shape index (κ2) is 5.24. The normalized spacial score (nSPS) is 19.3. The van der Waals surface area contributed by atoms with Crippen molar-refractivity contribution in [2.24, 2.45) is 11.1 Å². The topological polar surface area (TPSA) is 92.9 Å². The van der Waals surface area contributed by atoms with Crippen LogP contribution in [0.15, 0.2) is 0 Å². The van der Waals surface area contributed by atoms with Crippen molar-refractivity contribution in [1.29, 1.82) is 0 Å². The average Bonchev–Trinajstić information content (AvgIpc) is 2.37. The van der Waals surface area contributed by atoms with Crippen molar-refractivity contribution in [1.82, 2.24) is 4.90 Å². The number of likely N-dealkylation sites (N-methyl/N-ethyl adjacent to an activating group) is 1. The number of carbonyl (C=O) groups excluding carboxylic acids is 1. The van der Waals surface area contributed by atoms with Crippen molar-refractivity contribution in [3.63, 3.8) is 0 Å². The molecule has 1 aliphatic rings. The summed E-state index contributed by atoms with van der Waals surface area (Å²) in [7, 11) is 1.52. The number of nitrogens with two attached hydrogens (primary N) is 1. The van der Waals surface area contributed by atoms with E-state index in [4.69, 9.17) is 15.6 Å². The van der Waals surface area contributed by atoms with E-state index in [1.807, 2.05) is 0 Å². The highest BCUT2D eigenvalue weighted by Crippen LogP contribution is 2.33. The molecular formula is C12H22N2O4. The molecule has 0 aromatic carbocycles. The fourth-order valence-corrected chi connectivity index (χ4v) is 2.02. The Morgan fingerprint density at radius 1 is 1.39 bits per heavy atom. The standard InChI is InChI=1S/C12H22N2O4/c1-11(2,10(16)17)14(3)9(15)12(8-13)4-6-18-7-5-12/h4-8,13H2,1-3H3,(H,16,17). The summed E-state index contributed by atoms with van der Waals surface area (Å²) in [5.74, 6) is -1.24. The maximum atomic E-state index is 12.5. The Hall–Kier alpha value is -1.14. The van der Waals surface area contributed by atoms with Gasteiger partial charge in [0.1, 0.15) is 5.54 Å². The minimum Gasteiger partial charge on any atom is -0.480 e. The van der Waals surface area contributed by atoms with Crippen LogP contribution in [0.4, 0.5) is 0 Å². The molecule has 1 aliphatic heterocycles. The molecule has 0 bridgehead atoms. The van der Waals surface area contributed by atoms with Gasteiger partial charge in [-0.15, -0.1) is 0 Å². The van der Waals surface area contributed by atoms with Gasteiger partial charge in [-0.05, 0) is 26.7 Å². The molecule has 1 fully saturated rings. The summed E-state index contributed by atoms with van der Waals surface area (Å²) in [5.41, 5.74) is 3.83. The first-order chi connectivity index (χ1) is 8.28. The highest BCUT2D eigenvalue weighted by atomic mass is 16.5. The van der Waals surface area contributed by atoms with Crippen LogP contribution < -0.4 is 5.73 Å². The molecule has 0 aromatic heterocycles. The smallest absolute Gasteiger partial charge is 0.329 e. The zero-order valence-electron chi connectivity index (χ0n) is 11.2. The first-order valence-electron chi connectivity index (χ1n) is 6.07. The first-order valence-corrected chi connectivity index (χ1v) is 6.07. The third-order valence-electron chi connectivity index (χ3n) is 3.96. The molecule has 1 heterocycles. The molecule has 6 heteroatoms. The molecule has 3 N–H and O–H groups in total. The zero-order valence-corrected chi connectivity index (χ0v) is 11.2. The quantitative estimate of drug-likeness (QED) is 0.744. The third-order valence-corrected chi connectivity index (χ3v) is 3.96. The van der Waals surface area contributed by atoms with Crippen molar-refractivity contribution in [3.8, 4) is 0 Å². The molecule has 1 saturated heterocycles. The summed E-state index contributed by atoms with van der Waals surface area (Å²) < 4.78 is 5.25. The van der Waals surface area contributed by atoms with Crippen LogP contribution in [-0.4, -0.2) is 54.2 Å². The monoisotopic (exact) mass is 258 g/mol. The van der Waals surface area contributed by atoms with E-state index in [9.17, 15) is 9.59 Å². The zero-order chi connectivity index (χ0) is 14.0. The Morgan fingerprint density at radius 3 is 2.28 bits per heavy atom. The lowest BCUT2D eigenvalue weighted by Gasteiger charge is -2.41. The predicted molar refractivity (Wildman–Crippen MR) is 66.0 cm³/mol. The van der Waals surface area contributed by atoms with Crippen LogP contribution >= 0.6 is 0 Å². The van der Waals surface area contributed by atoms with Crippen LogP contribution in [0.5, 0.6) is 0 Å². The number of carboxylic acid groups (broad SMARTS) is 1. The van der Waals surface area contributed by atoms with E-state index in [-0.39, 0.29) is 12.5 Å². The largest absolute Gasteiger partial charge is 0.480 e. The number of rotatable bonds is 4. The van der Waals surface area contributed by atoms with Gasteiger partial charge >= 0.3 is 5.97 Å². The Kier molecular flexibility index (Phi) is 4.34. The number of aliphatic carboxylic acids is 1. The minimum atomic E-state index is -1.24. The highest BCUT2D eigenvalue weighted by Gasteiger charge is 2.46. The summed E-state index contributed by atoms with van der Waals surface area (Å²) in [4.78, 5) is 25.0. The molecule has 0 saturated carbocycles. The second-order valence-corrected chi connectivity index (χ2v) is 5.33. The van der Waals surface area contributed by atoms with E-state index >= 15 is 0 Å². The molecule has 1 amide bonds. The number of hydrogen-bond donors (Lipinski definition) is 2. The maximum Gasteiger partial charge on any atom is 0.329 e. The van der Waals surface area contributed by atoms with Gasteiger partial charge < -0.3 is 20.5 Å². The molecule has 1 rings (SSSR count). The van der Waals surface area contributed by atoms with Crippen molar-refractivity contribution in [2.75, 3.05) is 26.8 Å². The van der Waals surface area contributed by atoms with Gasteiger partial charge in [-0.1, -0.05) is 0 Å². The molecule has 0 unspecified atom stereocenters. The molecule has 0 aromatic rings. The van der Waals surface area contributed by atoms with Crippen LogP contribution in [0.3, 0.4) is 0 Å². The lowest BCUT2D eigenvalue weighted by atomic mass is 9.78. The van der Waals surface area contributed by atoms with Gasteiger partial charge in [0, 0.05) is 26.8 Å². The summed E-state index contributed by atoms with van der Waals surface area (Å²) in [6.07, 6.45) is 1.09. The van der Waals surface area contributed by atoms with Gasteiger partial charge in [-0.2, -0.15) is 0 Å². The van der Waals surface area contributed by atoms with E-state index in [1.165, 1.54) is 25.8 Å². The Balaban J connectivity index is 2.94. The van der Waals surface area contributed by atoms with Crippen LogP contribution in [0.25, 0.3) is 0 Å². The molecule has 6 nitrogen and oxygen atoms in total. The fourth-order valence-electron chi connectivity index (χ4n) is 2.02. The van der Waals surface area contributed by atoms with Crippen LogP contribution in [-0.2, 0) is 14.3 Å². The van der Waals surface area contributed by atoms with Crippen LogP contribution in [0.1, 0.15) is 26.7 Å². The molecule has 0 spiro atoms. The van der Waals surface area contributed by atoms with Crippen LogP contribution in [0, 0.1) is 5.41 Å². The number of nitrogens with zero attached hydrogens (tertiary/aromatic N) is 1. The summed E-state index contributed by atoms with van der Waals surface area (Å²) >= 11 is 0. The summed E-state index contributed by atoms with van der Waals surface area (Å²) in [5, 5.41) is 9.17. The van der Waals surface area contributed by atoms with E-state index in [0.29, 0.717) is 26.1 Å². The molecule has 0 aliphatic carbocycles. The van der Waals surface area contributed by atoms with Gasteiger partial charge in [-0.3, -0.25) is 4.79 Å². The number of carboxylic acids is 1. The highest BCUT2D eigenvalue weighted by molar-refractivity contribution is 5.89. The van der Waals surface area contributed by atoms with Gasteiger partial charge in [0.05, 0.1) is 5.41 Å². The van der Waals surface area contributed by atoms with Crippen molar-refractivity contribution < 1.29 is 19.4 Å². The predicted octanol–water partition coefficient (Wildman–Crippen LogP) is 0.0635. The summed E-state index contributed by atoms with van der Waals surface area (Å²) in [6, 6.07) is 0. The van der Waals surface area contributed by atoms with Crippen molar-refractivity contribution in [3.05, 3.63) is 0 Å². The number of ether oxygens (including phenoxy) is 1. The molecule has 0 radical (unpaired) electrons. The Labute approximate surface area is 107 Å². The van der Waals surface area contributed by atoms with Gasteiger partial charge in [-0.25, -0.2) is 4.79 Å². The second-order valence-electron chi connectivity index (χ2n) is 5.33. The Bertz CT molecular complexity index is 335. The lowest BCUT2D eigenvalue weighted by molar-refractivity contribution is -0.162. The van der Waals surface area contributed by atoms with Gasteiger partial charge in [0.2, 0.25) is 5.91 Å². The number of hydrogen-bond acceptors (Lipinski definition) is 4. The first kappa shape index (κ1) is 14.9. The molecule has 18 heavy (non-hydrogen) atoms. The number of carbonyl (C=O) groups is 2. The number of amides is 1. The van der Waals surface area contributed by atoms with Gasteiger partial charge in [0.15, 0.2) is 0 Å². The SMILES string of the molecule is CN(C(=O)C1(CN)CCOCC1)C(C)(C)C(=O)O. The summed E-state index contributed by atoms with van der Waals surface area (Å²) in [6.45, 7) is 4.22. The Morgan fingerprint density at radius 2 is 1.89 bits per heavy atom. The fraction of sp³-hybridized carbons (Fsp3) is 0.833. The molecular weight excluding hydrogens is 236 g/mol. The lowest BCUT2D eigenvalue weighted by Crippen LogP contribution is -2.58. The minimum absolute atomic E-state index is 0.208. The van der Waals surface area contributed by atoms with E-state index < -0.39 is 16.9 Å². The third kappa shape index (κ3) is 2.49. The molecule has 104 valence electrons. The van der Waals surface area contributed by atoms with Crippen LogP contribution in [0.2, 0.25) is 0 Å². The van der Waals surface area contributed by atoms with Crippen molar-refractivity contribution in [2.45, 2.75) is 32.2 Å². The maximum absolute atomic E-state index is 12.5. The van der Waals surface area contributed by atoms with E-state index in [1.54, 1.807) is 0 Å². The van der Waals surface area contributed by atoms with E-state index in [0.717, 1.165) is 0 Å².